The number of halogens is 1. The van der Waals surface area contributed by atoms with Crippen molar-refractivity contribution in [1.29, 1.82) is 0 Å². The van der Waals surface area contributed by atoms with Gasteiger partial charge in [0.1, 0.15) is 6.09 Å². The van der Waals surface area contributed by atoms with E-state index in [1.807, 2.05) is 0 Å². The van der Waals surface area contributed by atoms with Crippen molar-refractivity contribution in [2.24, 2.45) is 0 Å². The lowest BCUT2D eigenvalue weighted by molar-refractivity contribution is -0.242. The highest BCUT2D eigenvalue weighted by Gasteiger charge is 1.89. The second kappa shape index (κ2) is 3.25. The van der Waals surface area contributed by atoms with E-state index in [1.165, 1.54) is 0 Å². The number of carbonyl (C=O) groups excluding carboxylic acids is 1. The normalized spacial score (nSPS) is 9.18. The second-order valence-electron chi connectivity index (χ2n) is 1.92. The molecule has 0 saturated heterocycles. The van der Waals surface area contributed by atoms with Crippen LogP contribution in [0.15, 0.2) is 24.3 Å². The molecule has 0 spiro atoms. The molecule has 1 N–H and O–H groups in total. The summed E-state index contributed by atoms with van der Waals surface area (Å²) in [5, 5.41) is 12.6. The van der Waals surface area contributed by atoms with Crippen LogP contribution in [-0.2, 0) is 0 Å². The molecule has 11 heavy (non-hydrogen) atoms. The minimum atomic E-state index is -1.33. The van der Waals surface area contributed by atoms with Gasteiger partial charge in [-0.25, -0.2) is 0 Å². The molecule has 0 atom stereocenters. The summed E-state index contributed by atoms with van der Waals surface area (Å²) in [4.78, 5) is 10.00. The number of nitrogens with one attached hydrogen (secondary N) is 1. The standard InChI is InChI=1S/C7H6ClNO2/c8-5-1-3-6(4-2-5)9-7(10)11/h1-4,9H,(H,10,11)/p-1. The van der Waals surface area contributed by atoms with Crippen LogP contribution in [0.3, 0.4) is 0 Å². The van der Waals surface area contributed by atoms with E-state index in [2.05, 4.69) is 5.32 Å². The molecule has 0 bridgehead atoms. The van der Waals surface area contributed by atoms with Crippen LogP contribution in [-0.4, -0.2) is 6.09 Å². The maximum absolute atomic E-state index is 10.00. The van der Waals surface area contributed by atoms with Gasteiger partial charge >= 0.3 is 0 Å². The molecule has 0 saturated carbocycles. The fraction of sp³-hybridized carbons (Fsp3) is 0. The molecule has 0 unspecified atom stereocenters. The molecule has 1 amide bonds. The molecule has 0 aromatic heterocycles. The van der Waals surface area contributed by atoms with Crippen LogP contribution in [0.4, 0.5) is 10.5 Å². The van der Waals surface area contributed by atoms with E-state index in [-0.39, 0.29) is 0 Å². The van der Waals surface area contributed by atoms with Crippen LogP contribution in [0.25, 0.3) is 0 Å². The van der Waals surface area contributed by atoms with Crippen molar-refractivity contribution in [3.05, 3.63) is 29.3 Å². The van der Waals surface area contributed by atoms with Gasteiger partial charge in [-0.05, 0) is 24.3 Å². The molecule has 0 fully saturated rings. The average Bonchev–Trinajstić information content (AvgIpc) is 1.93. The molecule has 3 nitrogen and oxygen atoms in total. The Morgan fingerprint density at radius 3 is 2.36 bits per heavy atom. The Kier molecular flexibility index (Phi) is 2.33. The number of rotatable bonds is 1. The lowest BCUT2D eigenvalue weighted by Crippen LogP contribution is -2.28. The molecular weight excluding hydrogens is 166 g/mol. The molecule has 4 heteroatoms. The van der Waals surface area contributed by atoms with Crippen LogP contribution >= 0.6 is 11.6 Å². The molecule has 1 aromatic carbocycles. The summed E-state index contributed by atoms with van der Waals surface area (Å²) in [6.45, 7) is 0. The summed E-state index contributed by atoms with van der Waals surface area (Å²) >= 11 is 5.56. The largest absolute Gasteiger partial charge is 0.530 e. The Labute approximate surface area is 68.6 Å². The molecule has 0 aliphatic rings. The zero-order chi connectivity index (χ0) is 8.27. The van der Waals surface area contributed by atoms with Crippen LogP contribution in [0.2, 0.25) is 5.02 Å². The van der Waals surface area contributed by atoms with Gasteiger partial charge in [0.25, 0.3) is 0 Å². The third-order valence-electron chi connectivity index (χ3n) is 1.09. The number of carboxylic acid groups (broad SMARTS) is 1. The minimum Gasteiger partial charge on any atom is -0.530 e. The number of benzene rings is 1. The first-order valence-electron chi connectivity index (χ1n) is 2.92. The van der Waals surface area contributed by atoms with E-state index < -0.39 is 6.09 Å². The first-order valence-corrected chi connectivity index (χ1v) is 3.30. The van der Waals surface area contributed by atoms with Crippen LogP contribution < -0.4 is 10.4 Å². The van der Waals surface area contributed by atoms with E-state index in [0.29, 0.717) is 10.7 Å². The third-order valence-corrected chi connectivity index (χ3v) is 1.34. The summed E-state index contributed by atoms with van der Waals surface area (Å²) in [6.07, 6.45) is -1.33. The highest BCUT2D eigenvalue weighted by atomic mass is 35.5. The number of hydrogen-bond acceptors (Lipinski definition) is 2. The Bertz CT molecular complexity index is 258. The molecule has 0 aliphatic carbocycles. The summed E-state index contributed by atoms with van der Waals surface area (Å²) in [7, 11) is 0. The maximum Gasteiger partial charge on any atom is 0.138 e. The van der Waals surface area contributed by atoms with Gasteiger partial charge in [0.2, 0.25) is 0 Å². The molecular formula is C7H5ClNO2-. The number of anilines is 1. The summed E-state index contributed by atoms with van der Waals surface area (Å²) < 4.78 is 0. The smallest absolute Gasteiger partial charge is 0.138 e. The van der Waals surface area contributed by atoms with Crippen molar-refractivity contribution in [3.63, 3.8) is 0 Å². The lowest BCUT2D eigenvalue weighted by Gasteiger charge is -2.04. The first kappa shape index (κ1) is 7.88. The molecule has 1 rings (SSSR count). The Morgan fingerprint density at radius 1 is 1.36 bits per heavy atom. The molecule has 0 radical (unpaired) electrons. The van der Waals surface area contributed by atoms with Gasteiger partial charge in [-0.2, -0.15) is 0 Å². The Morgan fingerprint density at radius 2 is 1.91 bits per heavy atom. The highest BCUT2D eigenvalue weighted by molar-refractivity contribution is 6.30. The van der Waals surface area contributed by atoms with Gasteiger partial charge in [0, 0.05) is 10.7 Å². The zero-order valence-electron chi connectivity index (χ0n) is 5.50. The van der Waals surface area contributed by atoms with E-state index >= 15 is 0 Å². The fourth-order valence-electron chi connectivity index (χ4n) is 0.651. The Hall–Kier alpha value is -1.22. The van der Waals surface area contributed by atoms with Gasteiger partial charge in [0.15, 0.2) is 0 Å². The predicted octanol–water partition coefficient (Wildman–Crippen LogP) is 1.10. The Balaban J connectivity index is 2.74. The predicted molar refractivity (Wildman–Crippen MR) is 40.5 cm³/mol. The average molecular weight is 171 g/mol. The van der Waals surface area contributed by atoms with Crippen LogP contribution in [0, 0.1) is 0 Å². The highest BCUT2D eigenvalue weighted by Crippen LogP contribution is 2.12. The minimum absolute atomic E-state index is 0.453. The van der Waals surface area contributed by atoms with Crippen molar-refractivity contribution in [1.82, 2.24) is 0 Å². The first-order chi connectivity index (χ1) is 5.18. The van der Waals surface area contributed by atoms with Crippen molar-refractivity contribution in [2.45, 2.75) is 0 Å². The summed E-state index contributed by atoms with van der Waals surface area (Å²) in [6, 6.07) is 6.29. The summed E-state index contributed by atoms with van der Waals surface area (Å²) in [5.74, 6) is 0. The van der Waals surface area contributed by atoms with Gasteiger partial charge in [-0.3, -0.25) is 0 Å². The third kappa shape index (κ3) is 2.47. The summed E-state index contributed by atoms with van der Waals surface area (Å²) in [5.41, 5.74) is 0.453. The fourth-order valence-corrected chi connectivity index (χ4v) is 0.777. The van der Waals surface area contributed by atoms with Gasteiger partial charge in [0.05, 0.1) is 0 Å². The molecule has 1 aromatic rings. The van der Waals surface area contributed by atoms with Crippen molar-refractivity contribution >= 4 is 23.4 Å². The van der Waals surface area contributed by atoms with Crippen LogP contribution in [0.5, 0.6) is 0 Å². The second-order valence-corrected chi connectivity index (χ2v) is 2.36. The molecule has 58 valence electrons. The van der Waals surface area contributed by atoms with Crippen molar-refractivity contribution < 1.29 is 9.90 Å². The van der Waals surface area contributed by atoms with E-state index in [4.69, 9.17) is 11.6 Å². The maximum atomic E-state index is 10.00. The van der Waals surface area contributed by atoms with E-state index in [9.17, 15) is 9.90 Å². The molecule has 0 heterocycles. The van der Waals surface area contributed by atoms with Crippen molar-refractivity contribution in [2.75, 3.05) is 5.32 Å². The topological polar surface area (TPSA) is 52.2 Å². The monoisotopic (exact) mass is 170 g/mol. The van der Waals surface area contributed by atoms with Crippen molar-refractivity contribution in [3.8, 4) is 0 Å². The van der Waals surface area contributed by atoms with E-state index in [1.54, 1.807) is 24.3 Å². The van der Waals surface area contributed by atoms with Gasteiger partial charge in [-0.1, -0.05) is 11.6 Å². The number of amides is 1. The number of carbonyl (C=O) groups is 1. The quantitative estimate of drug-likeness (QED) is 0.686. The van der Waals surface area contributed by atoms with E-state index in [0.717, 1.165) is 0 Å². The van der Waals surface area contributed by atoms with Gasteiger partial charge < -0.3 is 15.2 Å². The number of hydrogen-bond donors (Lipinski definition) is 1. The van der Waals surface area contributed by atoms with Crippen LogP contribution in [0.1, 0.15) is 0 Å². The lowest BCUT2D eigenvalue weighted by atomic mass is 10.3. The molecule has 0 aliphatic heterocycles. The zero-order valence-corrected chi connectivity index (χ0v) is 6.26. The SMILES string of the molecule is O=C([O-])Nc1ccc(Cl)cc1. The van der Waals surface area contributed by atoms with Gasteiger partial charge in [-0.15, -0.1) is 0 Å².